The molecule has 0 N–H and O–H groups in total. The van der Waals surface area contributed by atoms with Crippen molar-refractivity contribution in [3.63, 3.8) is 0 Å². The monoisotopic (exact) mass is 214 g/mol. The molecule has 0 heterocycles. The van der Waals surface area contributed by atoms with Crippen LogP contribution < -0.4 is 0 Å². The molecule has 0 aliphatic heterocycles. The van der Waals surface area contributed by atoms with Crippen molar-refractivity contribution in [3.8, 4) is 0 Å². The van der Waals surface area contributed by atoms with Gasteiger partial charge < -0.3 is 0 Å². The van der Waals surface area contributed by atoms with Crippen LogP contribution in [-0.2, 0) is 4.79 Å². The Balaban J connectivity index is 2.63. The maximum atomic E-state index is 10.9. The van der Waals surface area contributed by atoms with E-state index < -0.39 is 0 Å². The van der Waals surface area contributed by atoms with E-state index >= 15 is 0 Å². The third-order valence-corrected chi connectivity index (χ3v) is 3.45. The fraction of sp³-hybridized carbons (Fsp3) is 0.750. The SMILES string of the molecule is C=C(C)[C@@H]1CC[C@@H](C)C[C@@H]1CC(=O)Cl. The summed E-state index contributed by atoms with van der Waals surface area (Å²) in [5.74, 6) is 1.67. The Bertz CT molecular complexity index is 234. The van der Waals surface area contributed by atoms with Crippen LogP contribution in [0.1, 0.15) is 39.5 Å². The van der Waals surface area contributed by atoms with Crippen LogP contribution in [0, 0.1) is 17.8 Å². The molecule has 3 atom stereocenters. The minimum atomic E-state index is -0.199. The first-order valence-corrected chi connectivity index (χ1v) is 5.72. The van der Waals surface area contributed by atoms with E-state index in [2.05, 4.69) is 20.4 Å². The van der Waals surface area contributed by atoms with Gasteiger partial charge in [0, 0.05) is 6.42 Å². The van der Waals surface area contributed by atoms with Crippen LogP contribution in [0.2, 0.25) is 0 Å². The Morgan fingerprint density at radius 2 is 2.14 bits per heavy atom. The molecule has 1 fully saturated rings. The van der Waals surface area contributed by atoms with Gasteiger partial charge in [0.1, 0.15) is 0 Å². The fourth-order valence-electron chi connectivity index (χ4n) is 2.58. The van der Waals surface area contributed by atoms with Gasteiger partial charge in [-0.2, -0.15) is 0 Å². The van der Waals surface area contributed by atoms with Crippen LogP contribution >= 0.6 is 11.6 Å². The topological polar surface area (TPSA) is 17.1 Å². The standard InChI is InChI=1S/C12H19ClO/c1-8(2)11-5-4-9(3)6-10(11)7-12(13)14/h9-11H,1,4-7H2,2-3H3/t9-,10-,11+/m1/s1. The lowest BCUT2D eigenvalue weighted by Crippen LogP contribution is -2.25. The Labute approximate surface area is 91.5 Å². The van der Waals surface area contributed by atoms with E-state index in [1.54, 1.807) is 0 Å². The minimum Gasteiger partial charge on any atom is -0.281 e. The lowest BCUT2D eigenvalue weighted by atomic mass is 9.71. The second kappa shape index (κ2) is 4.97. The van der Waals surface area contributed by atoms with E-state index in [9.17, 15) is 4.79 Å². The summed E-state index contributed by atoms with van der Waals surface area (Å²) in [6.45, 7) is 8.32. The Hall–Kier alpha value is -0.300. The molecule has 0 saturated heterocycles. The van der Waals surface area contributed by atoms with Gasteiger partial charge >= 0.3 is 0 Å². The molecule has 0 aromatic carbocycles. The molecular weight excluding hydrogens is 196 g/mol. The summed E-state index contributed by atoms with van der Waals surface area (Å²) in [5, 5.41) is -0.199. The van der Waals surface area contributed by atoms with Crippen molar-refractivity contribution in [1.82, 2.24) is 0 Å². The van der Waals surface area contributed by atoms with Gasteiger partial charge in [-0.05, 0) is 49.1 Å². The number of hydrogen-bond acceptors (Lipinski definition) is 1. The van der Waals surface area contributed by atoms with E-state index in [1.165, 1.54) is 18.4 Å². The second-order valence-corrected chi connectivity index (χ2v) is 5.11. The summed E-state index contributed by atoms with van der Waals surface area (Å²) in [4.78, 5) is 10.9. The summed E-state index contributed by atoms with van der Waals surface area (Å²) < 4.78 is 0. The van der Waals surface area contributed by atoms with Crippen molar-refractivity contribution in [1.29, 1.82) is 0 Å². The molecule has 1 rings (SSSR count). The smallest absolute Gasteiger partial charge is 0.221 e. The van der Waals surface area contributed by atoms with E-state index in [0.717, 1.165) is 12.3 Å². The van der Waals surface area contributed by atoms with E-state index in [-0.39, 0.29) is 5.24 Å². The van der Waals surface area contributed by atoms with Crippen LogP contribution in [0.25, 0.3) is 0 Å². The molecule has 0 aromatic heterocycles. The van der Waals surface area contributed by atoms with Crippen molar-refractivity contribution in [2.24, 2.45) is 17.8 Å². The maximum Gasteiger partial charge on any atom is 0.221 e. The van der Waals surface area contributed by atoms with Crippen LogP contribution in [-0.4, -0.2) is 5.24 Å². The summed E-state index contributed by atoms with van der Waals surface area (Å²) in [6.07, 6.45) is 4.06. The van der Waals surface area contributed by atoms with Gasteiger partial charge in [-0.15, -0.1) is 0 Å². The number of rotatable bonds is 3. The van der Waals surface area contributed by atoms with Crippen molar-refractivity contribution in [3.05, 3.63) is 12.2 Å². The molecular formula is C12H19ClO. The van der Waals surface area contributed by atoms with Crippen LogP contribution in [0.4, 0.5) is 0 Å². The molecule has 0 amide bonds. The summed E-state index contributed by atoms with van der Waals surface area (Å²) in [6, 6.07) is 0. The molecule has 1 nitrogen and oxygen atoms in total. The minimum absolute atomic E-state index is 0.199. The molecule has 0 spiro atoms. The lowest BCUT2D eigenvalue weighted by Gasteiger charge is -2.34. The first kappa shape index (κ1) is 11.8. The lowest BCUT2D eigenvalue weighted by molar-refractivity contribution is -0.113. The number of halogens is 1. The first-order chi connectivity index (χ1) is 6.50. The van der Waals surface area contributed by atoms with Crippen molar-refractivity contribution in [2.45, 2.75) is 39.5 Å². The summed E-state index contributed by atoms with van der Waals surface area (Å²) in [5.41, 5.74) is 1.21. The van der Waals surface area contributed by atoms with E-state index in [1.807, 2.05) is 0 Å². The molecule has 0 aromatic rings. The van der Waals surface area contributed by atoms with Crippen LogP contribution in [0.3, 0.4) is 0 Å². The largest absolute Gasteiger partial charge is 0.281 e. The molecule has 1 aliphatic rings. The highest BCUT2D eigenvalue weighted by Gasteiger charge is 2.30. The number of hydrogen-bond donors (Lipinski definition) is 0. The molecule has 14 heavy (non-hydrogen) atoms. The maximum absolute atomic E-state index is 10.9. The molecule has 2 heteroatoms. The highest BCUT2D eigenvalue weighted by atomic mass is 35.5. The number of carbonyl (C=O) groups is 1. The molecule has 0 bridgehead atoms. The third-order valence-electron chi connectivity index (χ3n) is 3.30. The third kappa shape index (κ3) is 3.13. The highest BCUT2D eigenvalue weighted by molar-refractivity contribution is 6.63. The Morgan fingerprint density at radius 1 is 1.50 bits per heavy atom. The predicted octanol–water partition coefficient (Wildman–Crippen LogP) is 3.77. The van der Waals surface area contributed by atoms with Gasteiger partial charge in [0.2, 0.25) is 5.24 Å². The van der Waals surface area contributed by atoms with Gasteiger partial charge in [0.25, 0.3) is 0 Å². The average Bonchev–Trinajstić information content (AvgIpc) is 2.01. The molecule has 0 unspecified atom stereocenters. The van der Waals surface area contributed by atoms with Crippen molar-refractivity contribution in [2.75, 3.05) is 0 Å². The van der Waals surface area contributed by atoms with Gasteiger partial charge in [-0.25, -0.2) is 0 Å². The number of allylic oxidation sites excluding steroid dienone is 1. The predicted molar refractivity (Wildman–Crippen MR) is 60.3 cm³/mol. The van der Waals surface area contributed by atoms with Gasteiger partial charge in [-0.1, -0.05) is 25.5 Å². The molecule has 1 saturated carbocycles. The Kier molecular flexibility index (Phi) is 4.18. The van der Waals surface area contributed by atoms with Crippen molar-refractivity contribution >= 4 is 16.8 Å². The zero-order chi connectivity index (χ0) is 10.7. The van der Waals surface area contributed by atoms with Gasteiger partial charge in [0.05, 0.1) is 0 Å². The van der Waals surface area contributed by atoms with E-state index in [0.29, 0.717) is 18.3 Å². The van der Waals surface area contributed by atoms with Gasteiger partial charge in [-0.3, -0.25) is 4.79 Å². The summed E-state index contributed by atoms with van der Waals surface area (Å²) >= 11 is 5.46. The normalized spacial score (nSPS) is 32.6. The number of carbonyl (C=O) groups excluding carboxylic acids is 1. The molecule has 1 aliphatic carbocycles. The van der Waals surface area contributed by atoms with E-state index in [4.69, 9.17) is 11.6 Å². The molecule has 0 radical (unpaired) electrons. The van der Waals surface area contributed by atoms with Crippen LogP contribution in [0.15, 0.2) is 12.2 Å². The second-order valence-electron chi connectivity index (χ2n) is 4.69. The summed E-state index contributed by atoms with van der Waals surface area (Å²) in [7, 11) is 0. The quantitative estimate of drug-likeness (QED) is 0.516. The van der Waals surface area contributed by atoms with Crippen molar-refractivity contribution < 1.29 is 4.79 Å². The first-order valence-electron chi connectivity index (χ1n) is 5.34. The Morgan fingerprint density at radius 3 is 2.64 bits per heavy atom. The van der Waals surface area contributed by atoms with Crippen LogP contribution in [0.5, 0.6) is 0 Å². The van der Waals surface area contributed by atoms with Gasteiger partial charge in [0.15, 0.2) is 0 Å². The average molecular weight is 215 g/mol. The zero-order valence-electron chi connectivity index (χ0n) is 9.05. The zero-order valence-corrected chi connectivity index (χ0v) is 9.81. The fourth-order valence-corrected chi connectivity index (χ4v) is 2.78. The highest BCUT2D eigenvalue weighted by Crippen LogP contribution is 2.39. The molecule has 80 valence electrons.